The Kier molecular flexibility index (Phi) is 2.90. The van der Waals surface area contributed by atoms with Gasteiger partial charge in [0.15, 0.2) is 0 Å². The number of likely N-dealkylation sites (tertiary alicyclic amines) is 1. The van der Waals surface area contributed by atoms with E-state index in [9.17, 15) is 4.79 Å². The molecule has 15 heavy (non-hydrogen) atoms. The van der Waals surface area contributed by atoms with E-state index < -0.39 is 0 Å². The van der Waals surface area contributed by atoms with Gasteiger partial charge in [-0.25, -0.2) is 0 Å². The first-order valence-corrected chi connectivity index (χ1v) is 5.38. The van der Waals surface area contributed by atoms with Gasteiger partial charge in [0.2, 0.25) is 5.91 Å². The van der Waals surface area contributed by atoms with Gasteiger partial charge >= 0.3 is 0 Å². The van der Waals surface area contributed by atoms with Crippen molar-refractivity contribution in [1.82, 2.24) is 4.90 Å². The quantitative estimate of drug-likeness (QED) is 0.757. The lowest BCUT2D eigenvalue weighted by molar-refractivity contribution is -0.127. The first-order chi connectivity index (χ1) is 7.25. The summed E-state index contributed by atoms with van der Waals surface area (Å²) >= 11 is 0. The molecule has 0 unspecified atom stereocenters. The molecule has 1 aliphatic rings. The SMILES string of the molecule is Nc1ccc(CCN2CCCC2=O)cc1. The summed E-state index contributed by atoms with van der Waals surface area (Å²) in [6, 6.07) is 7.86. The number of carbonyl (C=O) groups is 1. The summed E-state index contributed by atoms with van der Waals surface area (Å²) in [7, 11) is 0. The maximum absolute atomic E-state index is 11.4. The van der Waals surface area contributed by atoms with E-state index in [0.29, 0.717) is 5.91 Å². The third kappa shape index (κ3) is 2.49. The first kappa shape index (κ1) is 10.0. The lowest BCUT2D eigenvalue weighted by atomic mass is 10.1. The second-order valence-electron chi connectivity index (χ2n) is 3.98. The molecule has 0 spiro atoms. The minimum atomic E-state index is 0.297. The van der Waals surface area contributed by atoms with Gasteiger partial charge in [-0.05, 0) is 30.5 Å². The Labute approximate surface area is 89.9 Å². The zero-order valence-electron chi connectivity index (χ0n) is 8.78. The van der Waals surface area contributed by atoms with Crippen LogP contribution in [0.3, 0.4) is 0 Å². The molecule has 3 heteroatoms. The molecule has 0 aromatic heterocycles. The standard InChI is InChI=1S/C12H16N2O/c13-11-5-3-10(4-6-11)7-9-14-8-1-2-12(14)15/h3-6H,1-2,7-9,13H2. The number of nitrogens with zero attached hydrogens (tertiary/aromatic N) is 1. The average Bonchev–Trinajstić information content (AvgIpc) is 2.63. The molecule has 1 aromatic rings. The van der Waals surface area contributed by atoms with Crippen LogP contribution in [-0.4, -0.2) is 23.9 Å². The fourth-order valence-corrected chi connectivity index (χ4v) is 1.89. The van der Waals surface area contributed by atoms with E-state index >= 15 is 0 Å². The highest BCUT2D eigenvalue weighted by Crippen LogP contribution is 2.12. The molecular formula is C12H16N2O. The second-order valence-corrected chi connectivity index (χ2v) is 3.98. The minimum Gasteiger partial charge on any atom is -0.399 e. The molecule has 0 aliphatic carbocycles. The highest BCUT2D eigenvalue weighted by Gasteiger charge is 2.19. The highest BCUT2D eigenvalue weighted by molar-refractivity contribution is 5.78. The molecule has 1 amide bonds. The van der Waals surface area contributed by atoms with E-state index in [0.717, 1.165) is 38.0 Å². The van der Waals surface area contributed by atoms with Crippen molar-refractivity contribution in [2.45, 2.75) is 19.3 Å². The number of anilines is 1. The van der Waals surface area contributed by atoms with E-state index in [1.165, 1.54) is 5.56 Å². The third-order valence-electron chi connectivity index (χ3n) is 2.82. The molecule has 1 heterocycles. The van der Waals surface area contributed by atoms with Crippen LogP contribution in [0, 0.1) is 0 Å². The number of nitrogen functional groups attached to an aromatic ring is 1. The molecule has 1 fully saturated rings. The number of benzene rings is 1. The molecule has 0 saturated carbocycles. The maximum atomic E-state index is 11.4. The van der Waals surface area contributed by atoms with E-state index in [-0.39, 0.29) is 0 Å². The van der Waals surface area contributed by atoms with Crippen LogP contribution in [0.15, 0.2) is 24.3 Å². The van der Waals surface area contributed by atoms with Gasteiger partial charge < -0.3 is 10.6 Å². The fourth-order valence-electron chi connectivity index (χ4n) is 1.89. The Hall–Kier alpha value is -1.51. The van der Waals surface area contributed by atoms with E-state index in [1.807, 2.05) is 29.2 Å². The van der Waals surface area contributed by atoms with E-state index in [1.54, 1.807) is 0 Å². The van der Waals surface area contributed by atoms with Gasteiger partial charge in [0.05, 0.1) is 0 Å². The number of hydrogen-bond acceptors (Lipinski definition) is 2. The summed E-state index contributed by atoms with van der Waals surface area (Å²) in [5.74, 6) is 0.297. The van der Waals surface area contributed by atoms with Gasteiger partial charge in [-0.1, -0.05) is 12.1 Å². The number of carbonyl (C=O) groups excluding carboxylic acids is 1. The van der Waals surface area contributed by atoms with Crippen LogP contribution in [0.25, 0.3) is 0 Å². The molecule has 1 aliphatic heterocycles. The zero-order chi connectivity index (χ0) is 10.7. The number of nitrogens with two attached hydrogens (primary N) is 1. The van der Waals surface area contributed by atoms with Crippen LogP contribution in [0.4, 0.5) is 5.69 Å². The first-order valence-electron chi connectivity index (χ1n) is 5.38. The van der Waals surface area contributed by atoms with Crippen LogP contribution in [-0.2, 0) is 11.2 Å². The molecular weight excluding hydrogens is 188 g/mol. The molecule has 1 aromatic carbocycles. The smallest absolute Gasteiger partial charge is 0.222 e. The Morgan fingerprint density at radius 1 is 1.27 bits per heavy atom. The van der Waals surface area contributed by atoms with Crippen molar-refractivity contribution >= 4 is 11.6 Å². The highest BCUT2D eigenvalue weighted by atomic mass is 16.2. The van der Waals surface area contributed by atoms with Gasteiger partial charge in [-0.3, -0.25) is 4.79 Å². The van der Waals surface area contributed by atoms with Crippen molar-refractivity contribution in [2.24, 2.45) is 0 Å². The van der Waals surface area contributed by atoms with Crippen LogP contribution >= 0.6 is 0 Å². The molecule has 80 valence electrons. The topological polar surface area (TPSA) is 46.3 Å². The summed E-state index contributed by atoms with van der Waals surface area (Å²) in [5.41, 5.74) is 7.63. The second kappa shape index (κ2) is 4.34. The summed E-state index contributed by atoms with van der Waals surface area (Å²) in [4.78, 5) is 13.3. The van der Waals surface area contributed by atoms with Crippen molar-refractivity contribution in [3.63, 3.8) is 0 Å². The predicted octanol–water partition coefficient (Wildman–Crippen LogP) is 1.43. The van der Waals surface area contributed by atoms with Gasteiger partial charge in [-0.15, -0.1) is 0 Å². The summed E-state index contributed by atoms with van der Waals surface area (Å²) in [6.45, 7) is 1.76. The Balaban J connectivity index is 1.87. The van der Waals surface area contributed by atoms with Crippen molar-refractivity contribution in [1.29, 1.82) is 0 Å². The molecule has 3 nitrogen and oxygen atoms in total. The fraction of sp³-hybridized carbons (Fsp3) is 0.417. The Morgan fingerprint density at radius 3 is 2.60 bits per heavy atom. The number of rotatable bonds is 3. The third-order valence-corrected chi connectivity index (χ3v) is 2.82. The van der Waals surface area contributed by atoms with Crippen molar-refractivity contribution in [3.8, 4) is 0 Å². The Morgan fingerprint density at radius 2 is 2.00 bits per heavy atom. The maximum Gasteiger partial charge on any atom is 0.222 e. The van der Waals surface area contributed by atoms with Crippen LogP contribution in [0.5, 0.6) is 0 Å². The van der Waals surface area contributed by atoms with E-state index in [2.05, 4.69) is 0 Å². The molecule has 0 atom stereocenters. The summed E-state index contributed by atoms with van der Waals surface area (Å²) < 4.78 is 0. The van der Waals surface area contributed by atoms with Gasteiger partial charge in [0.25, 0.3) is 0 Å². The zero-order valence-corrected chi connectivity index (χ0v) is 8.78. The van der Waals surface area contributed by atoms with Gasteiger partial charge in [0.1, 0.15) is 0 Å². The van der Waals surface area contributed by atoms with Crippen molar-refractivity contribution in [2.75, 3.05) is 18.8 Å². The lowest BCUT2D eigenvalue weighted by Crippen LogP contribution is -2.26. The van der Waals surface area contributed by atoms with E-state index in [4.69, 9.17) is 5.73 Å². The molecule has 2 N–H and O–H groups in total. The molecule has 1 saturated heterocycles. The van der Waals surface area contributed by atoms with Crippen molar-refractivity contribution in [3.05, 3.63) is 29.8 Å². The number of amides is 1. The minimum absolute atomic E-state index is 0.297. The lowest BCUT2D eigenvalue weighted by Gasteiger charge is -2.15. The Bertz CT molecular complexity index is 345. The van der Waals surface area contributed by atoms with Crippen molar-refractivity contribution < 1.29 is 4.79 Å². The predicted molar refractivity (Wildman–Crippen MR) is 60.4 cm³/mol. The molecule has 2 rings (SSSR count). The molecule has 0 bridgehead atoms. The summed E-state index contributed by atoms with van der Waals surface area (Å²) in [6.07, 6.45) is 2.66. The van der Waals surface area contributed by atoms with Crippen LogP contribution < -0.4 is 5.73 Å². The largest absolute Gasteiger partial charge is 0.399 e. The molecule has 0 radical (unpaired) electrons. The summed E-state index contributed by atoms with van der Waals surface area (Å²) in [5, 5.41) is 0. The monoisotopic (exact) mass is 204 g/mol. The van der Waals surface area contributed by atoms with Gasteiger partial charge in [0, 0.05) is 25.2 Å². The van der Waals surface area contributed by atoms with Crippen LogP contribution in [0.2, 0.25) is 0 Å². The van der Waals surface area contributed by atoms with Gasteiger partial charge in [-0.2, -0.15) is 0 Å². The average molecular weight is 204 g/mol. The normalized spacial score (nSPS) is 16.0. The number of hydrogen-bond donors (Lipinski definition) is 1. The van der Waals surface area contributed by atoms with Crippen LogP contribution in [0.1, 0.15) is 18.4 Å².